The number of hydrogen-bond donors (Lipinski definition) is 0. The van der Waals surface area contributed by atoms with Crippen LogP contribution in [-0.4, -0.2) is 35.4 Å². The van der Waals surface area contributed by atoms with Gasteiger partial charge in [0.05, 0.1) is 18.8 Å². The van der Waals surface area contributed by atoms with Crippen molar-refractivity contribution in [3.63, 3.8) is 0 Å². The highest BCUT2D eigenvalue weighted by molar-refractivity contribution is 6.74. The van der Waals surface area contributed by atoms with Crippen LogP contribution in [-0.2, 0) is 20.2 Å². The molecule has 5 heteroatoms. The molecule has 1 aromatic rings. The first-order chi connectivity index (χ1) is 16.9. The molecule has 0 amide bonds. The highest BCUT2D eigenvalue weighted by Crippen LogP contribution is 2.37. The molecule has 1 aromatic carbocycles. The molecule has 3 atom stereocenters. The van der Waals surface area contributed by atoms with Crippen molar-refractivity contribution in [1.82, 2.24) is 0 Å². The Kier molecular flexibility index (Phi) is 15.1. The van der Waals surface area contributed by atoms with E-state index in [1.807, 2.05) is 0 Å². The average Bonchev–Trinajstić information content (AvgIpc) is 2.85. The van der Waals surface area contributed by atoms with Gasteiger partial charge in [0.25, 0.3) is 0 Å². The molecule has 0 fully saturated rings. The molecule has 0 aromatic heterocycles. The van der Waals surface area contributed by atoms with Gasteiger partial charge in [0.1, 0.15) is 0 Å². The zero-order valence-electron chi connectivity index (χ0n) is 25.4. The van der Waals surface area contributed by atoms with E-state index in [0.29, 0.717) is 12.5 Å². The van der Waals surface area contributed by atoms with Gasteiger partial charge >= 0.3 is 0 Å². The second-order valence-electron chi connectivity index (χ2n) is 12.1. The van der Waals surface area contributed by atoms with Gasteiger partial charge in [-0.15, -0.1) is 0 Å². The third kappa shape index (κ3) is 11.3. The number of hydrogen-bond acceptors (Lipinski definition) is 3. The van der Waals surface area contributed by atoms with E-state index in [1.165, 1.54) is 23.7 Å². The Hall–Kier alpha value is -0.726. The lowest BCUT2D eigenvalue weighted by Crippen LogP contribution is -2.45. The largest absolute Gasteiger partial charge is 0.416 e. The van der Waals surface area contributed by atoms with Crippen LogP contribution in [0, 0.1) is 5.92 Å². The summed E-state index contributed by atoms with van der Waals surface area (Å²) in [5.41, 5.74) is 1.23. The van der Waals surface area contributed by atoms with E-state index >= 15 is 0 Å². The van der Waals surface area contributed by atoms with Crippen molar-refractivity contribution in [3.05, 3.63) is 48.0 Å². The van der Waals surface area contributed by atoms with Crippen LogP contribution in [0.25, 0.3) is 0 Å². The third-order valence-electron chi connectivity index (χ3n) is 8.33. The lowest BCUT2D eigenvalue weighted by atomic mass is 10.0. The van der Waals surface area contributed by atoms with Crippen LogP contribution in [0.4, 0.5) is 0 Å². The molecule has 0 radical (unpaired) electrons. The standard InChI is InChI=1S/C31H58O3Si2/c1-11-20-29(32-26-28-21-16-15-17-22-28)23-18-19-24-30(34-36(12-2,13-3)14-4)27(5)25-33-35(9,10)31(6,7)8/h15-18,21-23,27,29-30H,11-14,19-20,24-26H2,1-10H3/b23-18+/t27-,29+,30-/m1/s1. The van der Waals surface area contributed by atoms with Gasteiger partial charge in [-0.05, 0) is 61.1 Å². The Morgan fingerprint density at radius 3 is 2.06 bits per heavy atom. The summed E-state index contributed by atoms with van der Waals surface area (Å²) in [5, 5.41) is 0.231. The fraction of sp³-hybridized carbons (Fsp3) is 0.742. The zero-order chi connectivity index (χ0) is 27.2. The fourth-order valence-electron chi connectivity index (χ4n) is 4.25. The fourth-order valence-corrected chi connectivity index (χ4v) is 8.35. The molecular weight excluding hydrogens is 477 g/mol. The molecule has 0 bridgehead atoms. The Morgan fingerprint density at radius 2 is 1.53 bits per heavy atom. The summed E-state index contributed by atoms with van der Waals surface area (Å²) in [7, 11) is -3.46. The number of rotatable bonds is 18. The molecule has 1 rings (SSSR count). The molecule has 208 valence electrons. The van der Waals surface area contributed by atoms with Crippen LogP contribution in [0.15, 0.2) is 42.5 Å². The SMILES string of the molecule is CCC[C@@H](/C=C/CC[C@@H](O[Si](CC)(CC)CC)[C@H](C)CO[Si](C)(C)C(C)(C)C)OCc1ccccc1. The van der Waals surface area contributed by atoms with Gasteiger partial charge < -0.3 is 13.6 Å². The van der Waals surface area contributed by atoms with Crippen molar-refractivity contribution < 1.29 is 13.6 Å². The molecule has 0 unspecified atom stereocenters. The van der Waals surface area contributed by atoms with Crippen molar-refractivity contribution in [3.8, 4) is 0 Å². The zero-order valence-corrected chi connectivity index (χ0v) is 27.4. The van der Waals surface area contributed by atoms with Crippen LogP contribution in [0.2, 0.25) is 36.3 Å². The van der Waals surface area contributed by atoms with Gasteiger partial charge in [0.15, 0.2) is 16.6 Å². The van der Waals surface area contributed by atoms with E-state index in [2.05, 4.69) is 111 Å². The maximum atomic E-state index is 7.07. The second-order valence-corrected chi connectivity index (χ2v) is 21.6. The van der Waals surface area contributed by atoms with Crippen LogP contribution < -0.4 is 0 Å². The van der Waals surface area contributed by atoms with Crippen molar-refractivity contribution in [2.45, 2.75) is 136 Å². The van der Waals surface area contributed by atoms with Crippen molar-refractivity contribution in [2.75, 3.05) is 6.61 Å². The maximum Gasteiger partial charge on any atom is 0.192 e. The lowest BCUT2D eigenvalue weighted by Gasteiger charge is -2.40. The summed E-state index contributed by atoms with van der Waals surface area (Å²) < 4.78 is 19.9. The predicted octanol–water partition coefficient (Wildman–Crippen LogP) is 9.76. The monoisotopic (exact) mass is 534 g/mol. The van der Waals surface area contributed by atoms with Crippen LogP contribution >= 0.6 is 0 Å². The summed E-state index contributed by atoms with van der Waals surface area (Å²) in [6.07, 6.45) is 9.27. The second kappa shape index (κ2) is 16.3. The predicted molar refractivity (Wildman–Crippen MR) is 163 cm³/mol. The van der Waals surface area contributed by atoms with E-state index < -0.39 is 16.6 Å². The Balaban J connectivity index is 2.83. The molecule has 0 aliphatic rings. The van der Waals surface area contributed by atoms with Gasteiger partial charge in [-0.3, -0.25) is 0 Å². The third-order valence-corrected chi connectivity index (χ3v) is 17.5. The van der Waals surface area contributed by atoms with E-state index in [0.717, 1.165) is 32.3 Å². The normalized spacial score (nSPS) is 15.8. The van der Waals surface area contributed by atoms with Crippen molar-refractivity contribution in [2.24, 2.45) is 5.92 Å². The topological polar surface area (TPSA) is 27.7 Å². The van der Waals surface area contributed by atoms with Crippen LogP contribution in [0.1, 0.15) is 86.6 Å². The Labute approximate surface area is 226 Å². The van der Waals surface area contributed by atoms with E-state index in [4.69, 9.17) is 13.6 Å². The summed E-state index contributed by atoms with van der Waals surface area (Å²) >= 11 is 0. The number of benzene rings is 1. The first kappa shape index (κ1) is 33.3. The van der Waals surface area contributed by atoms with Crippen LogP contribution in [0.5, 0.6) is 0 Å². The molecule has 0 heterocycles. The Morgan fingerprint density at radius 1 is 0.917 bits per heavy atom. The van der Waals surface area contributed by atoms with Gasteiger partial charge in [-0.25, -0.2) is 0 Å². The average molecular weight is 535 g/mol. The molecule has 36 heavy (non-hydrogen) atoms. The lowest BCUT2D eigenvalue weighted by molar-refractivity contribution is 0.0654. The van der Waals surface area contributed by atoms with Crippen molar-refractivity contribution >= 4 is 16.6 Å². The first-order valence-corrected chi connectivity index (χ1v) is 20.0. The summed E-state index contributed by atoms with van der Waals surface area (Å²) in [6, 6.07) is 14.0. The molecule has 0 saturated carbocycles. The van der Waals surface area contributed by atoms with Gasteiger partial charge in [0.2, 0.25) is 0 Å². The van der Waals surface area contributed by atoms with Crippen molar-refractivity contribution in [1.29, 1.82) is 0 Å². The highest BCUT2D eigenvalue weighted by atomic mass is 28.4. The summed E-state index contributed by atoms with van der Waals surface area (Å²) in [5.74, 6) is 0.393. The number of allylic oxidation sites excluding steroid dienone is 1. The molecule has 0 saturated heterocycles. The summed E-state index contributed by atoms with van der Waals surface area (Å²) in [6.45, 7) is 24.7. The molecule has 0 N–H and O–H groups in total. The van der Waals surface area contributed by atoms with Gasteiger partial charge in [-0.1, -0.05) is 104 Å². The molecule has 0 aliphatic heterocycles. The van der Waals surface area contributed by atoms with Crippen LogP contribution in [0.3, 0.4) is 0 Å². The minimum absolute atomic E-state index is 0.171. The van der Waals surface area contributed by atoms with E-state index in [-0.39, 0.29) is 17.2 Å². The molecule has 0 aliphatic carbocycles. The Bertz CT molecular complexity index is 715. The number of ether oxygens (including phenoxy) is 1. The highest BCUT2D eigenvalue weighted by Gasteiger charge is 2.39. The van der Waals surface area contributed by atoms with Gasteiger partial charge in [0, 0.05) is 12.5 Å². The van der Waals surface area contributed by atoms with E-state index in [1.54, 1.807) is 0 Å². The molecular formula is C31H58O3Si2. The maximum absolute atomic E-state index is 7.07. The summed E-state index contributed by atoms with van der Waals surface area (Å²) in [4.78, 5) is 0. The minimum Gasteiger partial charge on any atom is -0.416 e. The molecule has 0 spiro atoms. The minimum atomic E-state index is -1.77. The quantitative estimate of drug-likeness (QED) is 0.138. The smallest absolute Gasteiger partial charge is 0.192 e. The van der Waals surface area contributed by atoms with Gasteiger partial charge in [-0.2, -0.15) is 0 Å². The first-order valence-electron chi connectivity index (χ1n) is 14.6. The molecule has 3 nitrogen and oxygen atoms in total. The van der Waals surface area contributed by atoms with E-state index in [9.17, 15) is 0 Å².